The number of amides is 1. The number of nitrogens with one attached hydrogen (secondary N) is 1. The first-order valence-electron chi connectivity index (χ1n) is 10.1. The monoisotopic (exact) mass is 431 g/mol. The first-order valence-corrected chi connectivity index (χ1v) is 11.0. The van der Waals surface area contributed by atoms with E-state index in [0.717, 1.165) is 39.5 Å². The quantitative estimate of drug-likeness (QED) is 0.503. The van der Waals surface area contributed by atoms with E-state index < -0.39 is 0 Å². The molecule has 1 N–H and O–H groups in total. The van der Waals surface area contributed by atoms with Gasteiger partial charge in [-0.25, -0.2) is 9.97 Å². The van der Waals surface area contributed by atoms with Crippen LogP contribution in [0.3, 0.4) is 0 Å². The van der Waals surface area contributed by atoms with Gasteiger partial charge in [-0.2, -0.15) is 0 Å². The topological polar surface area (TPSA) is 80.2 Å². The lowest BCUT2D eigenvalue weighted by Crippen LogP contribution is -2.31. The normalized spacial score (nSPS) is 15.9. The molecule has 0 aliphatic carbocycles. The van der Waals surface area contributed by atoms with Crippen LogP contribution in [0.15, 0.2) is 60.5 Å². The Bertz CT molecular complexity index is 1230. The molecule has 1 saturated heterocycles. The lowest BCUT2D eigenvalue weighted by atomic mass is 10.2. The molecule has 1 aliphatic heterocycles. The number of pyridine rings is 1. The Morgan fingerprint density at radius 3 is 2.90 bits per heavy atom. The van der Waals surface area contributed by atoms with Gasteiger partial charge in [-0.3, -0.25) is 9.78 Å². The molecule has 1 atom stereocenters. The van der Waals surface area contributed by atoms with Crippen molar-refractivity contribution in [3.05, 3.63) is 71.6 Å². The van der Waals surface area contributed by atoms with Crippen molar-refractivity contribution in [3.8, 4) is 5.75 Å². The number of thiophene rings is 1. The SMILES string of the molecule is Cc1csc2ncnc(Nc3ccccc3OC3CCN(C(=O)c4ccncc4)C3)c12. The highest BCUT2D eigenvalue weighted by Gasteiger charge is 2.28. The molecule has 1 aromatic carbocycles. The van der Waals surface area contributed by atoms with E-state index in [1.165, 1.54) is 0 Å². The van der Waals surface area contributed by atoms with Gasteiger partial charge in [0.05, 0.1) is 17.6 Å². The van der Waals surface area contributed by atoms with E-state index in [1.54, 1.807) is 42.2 Å². The van der Waals surface area contributed by atoms with Crippen molar-refractivity contribution in [1.29, 1.82) is 0 Å². The zero-order valence-electron chi connectivity index (χ0n) is 17.0. The van der Waals surface area contributed by atoms with Gasteiger partial charge in [0, 0.05) is 30.9 Å². The van der Waals surface area contributed by atoms with Crippen molar-refractivity contribution in [3.63, 3.8) is 0 Å². The third kappa shape index (κ3) is 3.94. The first kappa shape index (κ1) is 19.4. The summed E-state index contributed by atoms with van der Waals surface area (Å²) in [5.74, 6) is 1.52. The van der Waals surface area contributed by atoms with Crippen molar-refractivity contribution in [2.24, 2.45) is 0 Å². The van der Waals surface area contributed by atoms with Gasteiger partial charge in [0.25, 0.3) is 5.91 Å². The minimum absolute atomic E-state index is 0.0104. The molecule has 1 unspecified atom stereocenters. The lowest BCUT2D eigenvalue weighted by Gasteiger charge is -2.19. The van der Waals surface area contributed by atoms with Gasteiger partial charge in [-0.15, -0.1) is 11.3 Å². The number of aryl methyl sites for hydroxylation is 1. The number of anilines is 2. The summed E-state index contributed by atoms with van der Waals surface area (Å²) in [4.78, 5) is 28.3. The second kappa shape index (κ2) is 8.31. The van der Waals surface area contributed by atoms with Gasteiger partial charge in [0.15, 0.2) is 0 Å². The smallest absolute Gasteiger partial charge is 0.254 e. The highest BCUT2D eigenvalue weighted by molar-refractivity contribution is 7.17. The molecule has 4 heterocycles. The number of benzene rings is 1. The average molecular weight is 432 g/mol. The summed E-state index contributed by atoms with van der Waals surface area (Å²) in [5.41, 5.74) is 2.63. The van der Waals surface area contributed by atoms with Gasteiger partial charge in [-0.1, -0.05) is 12.1 Å². The predicted octanol–water partition coefficient (Wildman–Crippen LogP) is 4.43. The number of hydrogen-bond donors (Lipinski definition) is 1. The Morgan fingerprint density at radius 2 is 2.03 bits per heavy atom. The predicted molar refractivity (Wildman–Crippen MR) is 121 cm³/mol. The highest BCUT2D eigenvalue weighted by atomic mass is 32.1. The molecular weight excluding hydrogens is 410 g/mol. The fraction of sp³-hybridized carbons (Fsp3) is 0.217. The van der Waals surface area contributed by atoms with Crippen LogP contribution >= 0.6 is 11.3 Å². The molecule has 0 saturated carbocycles. The van der Waals surface area contributed by atoms with Crippen molar-refractivity contribution < 1.29 is 9.53 Å². The fourth-order valence-electron chi connectivity index (χ4n) is 3.78. The van der Waals surface area contributed by atoms with Crippen LogP contribution in [0.2, 0.25) is 0 Å². The Balaban J connectivity index is 1.32. The van der Waals surface area contributed by atoms with Crippen LogP contribution in [0.5, 0.6) is 5.75 Å². The Labute approximate surface area is 183 Å². The van der Waals surface area contributed by atoms with E-state index in [2.05, 4.69) is 32.6 Å². The van der Waals surface area contributed by atoms with Crippen LogP contribution in [-0.4, -0.2) is 45.0 Å². The number of carbonyl (C=O) groups is 1. The maximum atomic E-state index is 12.7. The summed E-state index contributed by atoms with van der Waals surface area (Å²) >= 11 is 1.61. The van der Waals surface area contributed by atoms with Gasteiger partial charge in [-0.05, 0) is 42.1 Å². The third-order valence-electron chi connectivity index (χ3n) is 5.35. The number of aromatic nitrogens is 3. The standard InChI is InChI=1S/C23H21N5O2S/c1-15-13-31-22-20(15)21(25-14-26-22)27-18-4-2-3-5-19(18)30-17-8-11-28(12-17)23(29)16-6-9-24-10-7-16/h2-7,9-10,13-14,17H,8,11-12H2,1H3,(H,25,26,27). The average Bonchev–Trinajstić information content (AvgIpc) is 3.43. The van der Waals surface area contributed by atoms with Gasteiger partial charge in [0.2, 0.25) is 0 Å². The van der Waals surface area contributed by atoms with Crippen LogP contribution < -0.4 is 10.1 Å². The minimum Gasteiger partial charge on any atom is -0.486 e. The molecule has 1 amide bonds. The molecule has 1 fully saturated rings. The second-order valence-corrected chi connectivity index (χ2v) is 8.32. The molecular formula is C23H21N5O2S. The summed E-state index contributed by atoms with van der Waals surface area (Å²) in [6, 6.07) is 11.3. The zero-order chi connectivity index (χ0) is 21.2. The zero-order valence-corrected chi connectivity index (χ0v) is 17.8. The fourth-order valence-corrected chi connectivity index (χ4v) is 4.67. The van der Waals surface area contributed by atoms with E-state index in [1.807, 2.05) is 29.2 Å². The number of ether oxygens (including phenoxy) is 1. The molecule has 0 spiro atoms. The molecule has 8 heteroatoms. The van der Waals surface area contributed by atoms with Crippen LogP contribution in [0.4, 0.5) is 11.5 Å². The van der Waals surface area contributed by atoms with E-state index in [4.69, 9.17) is 4.74 Å². The molecule has 7 nitrogen and oxygen atoms in total. The van der Waals surface area contributed by atoms with E-state index >= 15 is 0 Å². The van der Waals surface area contributed by atoms with E-state index in [0.29, 0.717) is 18.7 Å². The molecule has 31 heavy (non-hydrogen) atoms. The van der Waals surface area contributed by atoms with Crippen LogP contribution in [-0.2, 0) is 0 Å². The number of para-hydroxylation sites is 2. The molecule has 0 radical (unpaired) electrons. The molecule has 4 aromatic rings. The number of nitrogens with zero attached hydrogens (tertiary/aromatic N) is 4. The van der Waals surface area contributed by atoms with Crippen LogP contribution in [0.25, 0.3) is 10.2 Å². The van der Waals surface area contributed by atoms with Gasteiger partial charge < -0.3 is 15.0 Å². The summed E-state index contributed by atoms with van der Waals surface area (Å²) in [6.45, 7) is 3.28. The Hall–Kier alpha value is -3.52. The van der Waals surface area contributed by atoms with E-state index in [-0.39, 0.29) is 12.0 Å². The van der Waals surface area contributed by atoms with Crippen LogP contribution in [0.1, 0.15) is 22.3 Å². The minimum atomic E-state index is -0.0676. The summed E-state index contributed by atoms with van der Waals surface area (Å²) in [5, 5.41) is 6.53. The summed E-state index contributed by atoms with van der Waals surface area (Å²) in [6.07, 6.45) is 5.56. The maximum Gasteiger partial charge on any atom is 0.254 e. The largest absolute Gasteiger partial charge is 0.486 e. The molecule has 1 aliphatic rings. The van der Waals surface area contributed by atoms with Crippen molar-refractivity contribution >= 4 is 39.0 Å². The molecule has 0 bridgehead atoms. The third-order valence-corrected chi connectivity index (χ3v) is 6.35. The molecule has 156 valence electrons. The Kier molecular flexibility index (Phi) is 5.21. The highest BCUT2D eigenvalue weighted by Crippen LogP contribution is 2.34. The molecule has 3 aromatic heterocycles. The van der Waals surface area contributed by atoms with Crippen molar-refractivity contribution in [1.82, 2.24) is 19.9 Å². The van der Waals surface area contributed by atoms with Gasteiger partial charge in [0.1, 0.15) is 28.8 Å². The second-order valence-electron chi connectivity index (χ2n) is 7.46. The number of hydrogen-bond acceptors (Lipinski definition) is 7. The van der Waals surface area contributed by atoms with Crippen molar-refractivity contribution in [2.75, 3.05) is 18.4 Å². The summed E-state index contributed by atoms with van der Waals surface area (Å²) in [7, 11) is 0. The van der Waals surface area contributed by atoms with Crippen LogP contribution in [0, 0.1) is 6.92 Å². The molecule has 5 rings (SSSR count). The maximum absolute atomic E-state index is 12.7. The Morgan fingerprint density at radius 1 is 1.19 bits per heavy atom. The number of rotatable bonds is 5. The number of fused-ring (bicyclic) bond motifs is 1. The number of carbonyl (C=O) groups excluding carboxylic acids is 1. The van der Waals surface area contributed by atoms with Gasteiger partial charge >= 0.3 is 0 Å². The van der Waals surface area contributed by atoms with Crippen molar-refractivity contribution in [2.45, 2.75) is 19.4 Å². The summed E-state index contributed by atoms with van der Waals surface area (Å²) < 4.78 is 6.31. The lowest BCUT2D eigenvalue weighted by molar-refractivity contribution is 0.0772. The van der Waals surface area contributed by atoms with E-state index in [9.17, 15) is 4.79 Å². The first-order chi connectivity index (χ1) is 15.2. The number of likely N-dealkylation sites (tertiary alicyclic amines) is 1.